The van der Waals surface area contributed by atoms with Gasteiger partial charge in [-0.2, -0.15) is 0 Å². The van der Waals surface area contributed by atoms with E-state index in [0.29, 0.717) is 0 Å². The first-order chi connectivity index (χ1) is 4.13. The van der Waals surface area contributed by atoms with Crippen molar-refractivity contribution in [1.82, 2.24) is 4.90 Å². The minimum absolute atomic E-state index is 0. The molecule has 0 rings (SSSR count). The quantitative estimate of drug-likeness (QED) is 0.612. The molecule has 1 nitrogen and oxygen atoms in total. The van der Waals surface area contributed by atoms with Crippen molar-refractivity contribution in [3.8, 4) is 0 Å². The smallest absolute Gasteiger partial charge is 0.00247 e. The number of rotatable bonds is 4. The predicted octanol–water partition coefficient (Wildman–Crippen LogP) is 3.26. The Hall–Kier alpha value is -0.0400. The van der Waals surface area contributed by atoms with Crippen molar-refractivity contribution in [3.63, 3.8) is 0 Å². The molecule has 72 valence electrons. The average molecular weight is 161 g/mol. The summed E-state index contributed by atoms with van der Waals surface area (Å²) < 4.78 is 0. The molecule has 0 aliphatic carbocycles. The van der Waals surface area contributed by atoms with Crippen molar-refractivity contribution in [2.75, 3.05) is 20.6 Å². The van der Waals surface area contributed by atoms with Gasteiger partial charge in [0.2, 0.25) is 0 Å². The molecule has 0 aromatic heterocycles. The lowest BCUT2D eigenvalue weighted by atomic mass is 10.1. The van der Waals surface area contributed by atoms with Crippen LogP contribution < -0.4 is 0 Å². The van der Waals surface area contributed by atoms with Crippen molar-refractivity contribution in [1.29, 1.82) is 0 Å². The van der Waals surface area contributed by atoms with Gasteiger partial charge in [-0.05, 0) is 39.4 Å². The van der Waals surface area contributed by atoms with E-state index in [9.17, 15) is 0 Å². The molecule has 0 saturated heterocycles. The van der Waals surface area contributed by atoms with E-state index in [0.717, 1.165) is 5.92 Å². The Kier molecular flexibility index (Phi) is 15.5. The first-order valence-electron chi connectivity index (χ1n) is 3.77. The lowest BCUT2D eigenvalue weighted by molar-refractivity contribution is 0.378. The fraction of sp³-hybridized carbons (Fsp3) is 1.00. The van der Waals surface area contributed by atoms with Gasteiger partial charge in [-0.15, -0.1) is 0 Å². The van der Waals surface area contributed by atoms with Crippen molar-refractivity contribution in [2.24, 2.45) is 5.92 Å². The lowest BCUT2D eigenvalue weighted by Gasteiger charge is -2.09. The zero-order chi connectivity index (χ0) is 7.28. The van der Waals surface area contributed by atoms with E-state index in [1.165, 1.54) is 19.4 Å². The molecule has 0 N–H and O–H groups in total. The van der Waals surface area contributed by atoms with Crippen LogP contribution in [0.4, 0.5) is 0 Å². The zero-order valence-electron chi connectivity index (χ0n) is 7.15. The summed E-state index contributed by atoms with van der Waals surface area (Å²) in [5.41, 5.74) is 0. The summed E-state index contributed by atoms with van der Waals surface area (Å²) in [6, 6.07) is 0. The van der Waals surface area contributed by atoms with E-state index in [4.69, 9.17) is 0 Å². The van der Waals surface area contributed by atoms with Crippen LogP contribution >= 0.6 is 0 Å². The Morgan fingerprint density at radius 3 is 1.82 bits per heavy atom. The average Bonchev–Trinajstić information content (AvgIpc) is 1.63. The molecular formula is C10H27N. The molecule has 0 aromatic rings. The molecule has 0 saturated carbocycles. The molecule has 0 radical (unpaired) electrons. The summed E-state index contributed by atoms with van der Waals surface area (Å²) in [5, 5.41) is 0. The van der Waals surface area contributed by atoms with Gasteiger partial charge in [-0.25, -0.2) is 0 Å². The summed E-state index contributed by atoms with van der Waals surface area (Å²) in [7, 11) is 4.25. The van der Waals surface area contributed by atoms with Crippen LogP contribution in [-0.2, 0) is 0 Å². The van der Waals surface area contributed by atoms with Gasteiger partial charge in [0.1, 0.15) is 0 Å². The van der Waals surface area contributed by atoms with Gasteiger partial charge in [0.05, 0.1) is 0 Å². The van der Waals surface area contributed by atoms with Gasteiger partial charge in [0.25, 0.3) is 0 Å². The van der Waals surface area contributed by atoms with Crippen LogP contribution in [0.15, 0.2) is 0 Å². The van der Waals surface area contributed by atoms with Crippen LogP contribution in [-0.4, -0.2) is 25.5 Å². The van der Waals surface area contributed by atoms with Gasteiger partial charge in [0, 0.05) is 0 Å². The summed E-state index contributed by atoms with van der Waals surface area (Å²) in [5.74, 6) is 0.866. The third-order valence-electron chi connectivity index (χ3n) is 1.39. The molecule has 0 heterocycles. The molecule has 0 atom stereocenters. The molecule has 11 heavy (non-hydrogen) atoms. The third-order valence-corrected chi connectivity index (χ3v) is 1.39. The molecular weight excluding hydrogens is 134 g/mol. The molecule has 0 aliphatic heterocycles. The highest BCUT2D eigenvalue weighted by molar-refractivity contribution is 4.48. The predicted molar refractivity (Wildman–Crippen MR) is 56.1 cm³/mol. The Morgan fingerprint density at radius 2 is 1.55 bits per heavy atom. The lowest BCUT2D eigenvalue weighted by Crippen LogP contribution is -2.13. The summed E-state index contributed by atoms with van der Waals surface area (Å²) in [6.07, 6.45) is 2.70. The minimum Gasteiger partial charge on any atom is -0.309 e. The Balaban J connectivity index is -0.000000320. The van der Waals surface area contributed by atoms with Gasteiger partial charge < -0.3 is 4.90 Å². The fourth-order valence-electron chi connectivity index (χ4n) is 0.816. The van der Waals surface area contributed by atoms with Gasteiger partial charge in [-0.3, -0.25) is 0 Å². The summed E-state index contributed by atoms with van der Waals surface area (Å²) in [4.78, 5) is 2.24. The number of hydrogen-bond acceptors (Lipinski definition) is 1. The molecule has 0 spiro atoms. The molecule has 0 unspecified atom stereocenters. The number of nitrogens with zero attached hydrogens (tertiary/aromatic N) is 1. The van der Waals surface area contributed by atoms with Crippen LogP contribution in [0.3, 0.4) is 0 Å². The van der Waals surface area contributed by atoms with Crippen LogP contribution in [0, 0.1) is 5.92 Å². The first-order valence-corrected chi connectivity index (χ1v) is 3.77. The highest BCUT2D eigenvalue weighted by atomic mass is 15.0. The van der Waals surface area contributed by atoms with E-state index in [2.05, 4.69) is 32.8 Å². The van der Waals surface area contributed by atoms with Gasteiger partial charge >= 0.3 is 0 Å². The van der Waals surface area contributed by atoms with Crippen LogP contribution in [0.1, 0.15) is 41.5 Å². The topological polar surface area (TPSA) is 3.24 Å². The minimum atomic E-state index is 0. The monoisotopic (exact) mass is 161 g/mol. The van der Waals surface area contributed by atoms with E-state index in [1.54, 1.807) is 0 Å². The third kappa shape index (κ3) is 17.8. The molecule has 0 bridgehead atoms. The molecule has 1 heteroatoms. The van der Waals surface area contributed by atoms with Crippen molar-refractivity contribution in [2.45, 2.75) is 41.5 Å². The van der Waals surface area contributed by atoms with E-state index in [1.807, 2.05) is 0 Å². The summed E-state index contributed by atoms with van der Waals surface area (Å²) >= 11 is 0. The molecule has 0 aromatic carbocycles. The van der Waals surface area contributed by atoms with Crippen LogP contribution in [0.25, 0.3) is 0 Å². The van der Waals surface area contributed by atoms with Crippen LogP contribution in [0.2, 0.25) is 0 Å². The van der Waals surface area contributed by atoms with E-state index in [-0.39, 0.29) is 14.9 Å². The van der Waals surface area contributed by atoms with Crippen molar-refractivity contribution < 1.29 is 0 Å². The van der Waals surface area contributed by atoms with Crippen LogP contribution in [0.5, 0.6) is 0 Å². The molecule has 0 amide bonds. The Morgan fingerprint density at radius 1 is 1.09 bits per heavy atom. The highest BCUT2D eigenvalue weighted by Crippen LogP contribution is 2.02. The summed E-state index contributed by atoms with van der Waals surface area (Å²) in [6.45, 7) is 5.78. The standard InChI is InChI=1S/C8H19N.2CH4/c1-8(2)6-5-7-9(3)4;;/h8H,5-7H2,1-4H3;2*1H4. The van der Waals surface area contributed by atoms with E-state index < -0.39 is 0 Å². The van der Waals surface area contributed by atoms with E-state index >= 15 is 0 Å². The SMILES string of the molecule is C.C.CC(C)CCCN(C)C. The fourth-order valence-corrected chi connectivity index (χ4v) is 0.816. The maximum Gasteiger partial charge on any atom is -0.00247 e. The molecule has 0 aliphatic rings. The highest BCUT2D eigenvalue weighted by Gasteiger charge is 1.93. The first kappa shape index (κ1) is 17.2. The van der Waals surface area contributed by atoms with Crippen molar-refractivity contribution in [3.05, 3.63) is 0 Å². The second-order valence-electron chi connectivity index (χ2n) is 3.34. The number of hydrogen-bond donors (Lipinski definition) is 0. The maximum atomic E-state index is 2.27. The van der Waals surface area contributed by atoms with Gasteiger partial charge in [-0.1, -0.05) is 28.7 Å². The normalized spacial score (nSPS) is 9.27. The largest absolute Gasteiger partial charge is 0.309 e. The Labute approximate surface area is 73.8 Å². The van der Waals surface area contributed by atoms with Gasteiger partial charge in [0.15, 0.2) is 0 Å². The zero-order valence-corrected chi connectivity index (χ0v) is 7.15. The maximum absolute atomic E-state index is 2.27. The Bertz CT molecular complexity index is 49.9. The second kappa shape index (κ2) is 9.96. The van der Waals surface area contributed by atoms with Crippen molar-refractivity contribution >= 4 is 0 Å². The molecule has 0 fully saturated rings. The second-order valence-corrected chi connectivity index (χ2v) is 3.34.